The van der Waals surface area contributed by atoms with Gasteiger partial charge in [-0.25, -0.2) is 31.2 Å². The highest BCUT2D eigenvalue weighted by Gasteiger charge is 2.27. The molecule has 36 heavy (non-hydrogen) atoms. The van der Waals surface area contributed by atoms with Crippen LogP contribution in [0.4, 0.5) is 10.1 Å². The predicted molar refractivity (Wildman–Crippen MR) is 137 cm³/mol. The maximum absolute atomic E-state index is 13.3. The number of hydrogen-bond donors (Lipinski definition) is 0. The van der Waals surface area contributed by atoms with Crippen molar-refractivity contribution in [2.24, 2.45) is 0 Å². The summed E-state index contributed by atoms with van der Waals surface area (Å²) in [4.78, 5) is 9.31. The molecular formula is C23H22FN3O6S3. The average Bonchev–Trinajstić information content (AvgIpc) is 3.24. The maximum atomic E-state index is 13.3. The molecule has 0 spiro atoms. The van der Waals surface area contributed by atoms with Crippen LogP contribution in [0.2, 0.25) is 0 Å². The summed E-state index contributed by atoms with van der Waals surface area (Å²) >= 11 is 1.45. The molecule has 0 saturated heterocycles. The second kappa shape index (κ2) is 10.4. The van der Waals surface area contributed by atoms with Crippen molar-refractivity contribution in [1.82, 2.24) is 9.97 Å². The van der Waals surface area contributed by atoms with Gasteiger partial charge in [-0.3, -0.25) is 0 Å². The van der Waals surface area contributed by atoms with Crippen LogP contribution in [-0.2, 0) is 20.0 Å². The van der Waals surface area contributed by atoms with Crippen LogP contribution in [0.25, 0.3) is 21.3 Å². The molecule has 0 atom stereocenters. The molecule has 0 aliphatic heterocycles. The van der Waals surface area contributed by atoms with Gasteiger partial charge in [-0.2, -0.15) is 3.71 Å². The zero-order chi connectivity index (χ0) is 25.9. The summed E-state index contributed by atoms with van der Waals surface area (Å²) in [6.45, 7) is 0.600. The van der Waals surface area contributed by atoms with Crippen LogP contribution in [0.1, 0.15) is 6.42 Å². The molecule has 0 radical (unpaired) electrons. The van der Waals surface area contributed by atoms with E-state index in [0.29, 0.717) is 35.0 Å². The summed E-state index contributed by atoms with van der Waals surface area (Å²) in [6.07, 6.45) is 3.59. The molecule has 0 saturated carbocycles. The molecule has 190 valence electrons. The number of sulfonamides is 2. The van der Waals surface area contributed by atoms with E-state index in [0.717, 1.165) is 33.9 Å². The molecule has 2 aromatic heterocycles. The first-order valence-electron chi connectivity index (χ1n) is 10.6. The Hall–Kier alpha value is -3.29. The number of hydrogen-bond acceptors (Lipinski definition) is 9. The van der Waals surface area contributed by atoms with E-state index in [9.17, 15) is 21.2 Å². The van der Waals surface area contributed by atoms with Crippen molar-refractivity contribution >= 4 is 47.3 Å². The molecule has 9 nitrogen and oxygen atoms in total. The highest BCUT2D eigenvalue weighted by molar-refractivity contribution is 8.09. The van der Waals surface area contributed by atoms with Crippen LogP contribution in [-0.4, -0.2) is 52.5 Å². The van der Waals surface area contributed by atoms with Crippen molar-refractivity contribution < 1.29 is 30.7 Å². The molecule has 0 N–H and O–H groups in total. The number of thiophene rings is 1. The number of ether oxygens (including phenoxy) is 2. The van der Waals surface area contributed by atoms with Crippen molar-refractivity contribution in [2.75, 3.05) is 29.4 Å². The molecule has 2 aromatic carbocycles. The molecule has 0 aliphatic rings. The fraction of sp³-hybridized carbons (Fsp3) is 0.217. The van der Waals surface area contributed by atoms with Gasteiger partial charge in [-0.05, 0) is 42.0 Å². The van der Waals surface area contributed by atoms with Gasteiger partial charge in [0.25, 0.3) is 0 Å². The lowest BCUT2D eigenvalue weighted by Crippen LogP contribution is -2.35. The van der Waals surface area contributed by atoms with Crippen LogP contribution in [0.3, 0.4) is 0 Å². The Balaban J connectivity index is 1.37. The van der Waals surface area contributed by atoms with Crippen LogP contribution >= 0.6 is 11.3 Å². The molecule has 13 heteroatoms. The molecule has 0 aliphatic carbocycles. The number of benzene rings is 2. The quantitative estimate of drug-likeness (QED) is 0.271. The van der Waals surface area contributed by atoms with Crippen molar-refractivity contribution in [3.8, 4) is 22.8 Å². The Morgan fingerprint density at radius 2 is 1.53 bits per heavy atom. The van der Waals surface area contributed by atoms with E-state index in [-0.39, 0.29) is 11.5 Å². The van der Waals surface area contributed by atoms with Crippen molar-refractivity contribution in [1.29, 1.82) is 0 Å². The molecule has 4 aromatic rings. The topological polar surface area (TPSA) is 116 Å². The van der Waals surface area contributed by atoms with E-state index >= 15 is 0 Å². The zero-order valence-corrected chi connectivity index (χ0v) is 21.7. The largest absolute Gasteiger partial charge is 0.493 e. The maximum Gasteiger partial charge on any atom is 0.245 e. The van der Waals surface area contributed by atoms with E-state index in [1.54, 1.807) is 12.1 Å². The summed E-state index contributed by atoms with van der Waals surface area (Å²) in [6, 6.07) is 11.9. The van der Waals surface area contributed by atoms with Gasteiger partial charge in [0, 0.05) is 17.4 Å². The van der Waals surface area contributed by atoms with E-state index in [2.05, 4.69) is 9.97 Å². The first kappa shape index (κ1) is 25.8. The summed E-state index contributed by atoms with van der Waals surface area (Å²) in [5.41, 5.74) is 1.69. The van der Waals surface area contributed by atoms with Gasteiger partial charge >= 0.3 is 0 Å². The lowest BCUT2D eigenvalue weighted by Gasteiger charge is -2.19. The zero-order valence-electron chi connectivity index (χ0n) is 19.3. The average molecular weight is 552 g/mol. The molecular weight excluding hydrogens is 529 g/mol. The Morgan fingerprint density at radius 1 is 0.889 bits per heavy atom. The van der Waals surface area contributed by atoms with E-state index in [1.807, 2.05) is 5.38 Å². The molecule has 0 unspecified atom stereocenters. The normalized spacial score (nSPS) is 12.0. The minimum atomic E-state index is -4.01. The number of anilines is 1. The highest BCUT2D eigenvalue weighted by Crippen LogP contribution is 2.37. The van der Waals surface area contributed by atoms with Crippen LogP contribution < -0.4 is 13.2 Å². The van der Waals surface area contributed by atoms with Gasteiger partial charge in [0.05, 0.1) is 36.8 Å². The van der Waals surface area contributed by atoms with E-state index < -0.39 is 20.0 Å². The SMILES string of the molecule is CS(=O)(=O)N(c1ccc(OCCCOc2ncnc3scc(-c4ccc(F)cc4)c23)cc1)S(C)(=O)=O. The third-order valence-corrected chi connectivity index (χ3v) is 9.07. The standard InChI is InChI=1S/C23H22FN3O6S3/c1-35(28,29)27(36(2,30)31)18-8-10-19(11-9-18)32-12-3-13-33-22-21-20(14-34-23(21)26-15-25-22)16-4-6-17(24)7-5-16/h4-11,14-15H,3,12-13H2,1-2H3. The van der Waals surface area contributed by atoms with E-state index in [4.69, 9.17) is 9.47 Å². The lowest BCUT2D eigenvalue weighted by atomic mass is 10.1. The second-order valence-electron chi connectivity index (χ2n) is 7.78. The fourth-order valence-corrected chi connectivity index (χ4v) is 7.39. The van der Waals surface area contributed by atoms with Gasteiger partial charge in [0.1, 0.15) is 22.7 Å². The molecule has 4 rings (SSSR count). The number of nitrogens with zero attached hydrogens (tertiary/aromatic N) is 3. The lowest BCUT2D eigenvalue weighted by molar-refractivity contribution is 0.244. The summed E-state index contributed by atoms with van der Waals surface area (Å²) in [5, 5.41) is 2.69. The van der Waals surface area contributed by atoms with E-state index in [1.165, 1.54) is 54.1 Å². The van der Waals surface area contributed by atoms with Crippen LogP contribution in [0.15, 0.2) is 60.2 Å². The molecule has 2 heterocycles. The van der Waals surface area contributed by atoms with Gasteiger partial charge in [0.15, 0.2) is 0 Å². The third kappa shape index (κ3) is 5.91. The highest BCUT2D eigenvalue weighted by atomic mass is 32.3. The van der Waals surface area contributed by atoms with Gasteiger partial charge < -0.3 is 9.47 Å². The first-order valence-corrected chi connectivity index (χ1v) is 15.2. The summed E-state index contributed by atoms with van der Waals surface area (Å²) < 4.78 is 72.8. The monoisotopic (exact) mass is 551 g/mol. The van der Waals surface area contributed by atoms with Crippen LogP contribution in [0, 0.1) is 5.82 Å². The van der Waals surface area contributed by atoms with Crippen molar-refractivity contribution in [2.45, 2.75) is 6.42 Å². The van der Waals surface area contributed by atoms with Gasteiger partial charge in [-0.15, -0.1) is 11.3 Å². The third-order valence-electron chi connectivity index (χ3n) is 4.94. The second-order valence-corrected chi connectivity index (χ2v) is 12.5. The number of rotatable bonds is 10. The molecule has 0 amide bonds. The Kier molecular flexibility index (Phi) is 7.43. The Morgan fingerprint density at radius 3 is 2.17 bits per heavy atom. The summed E-state index contributed by atoms with van der Waals surface area (Å²) in [7, 11) is -8.02. The number of aromatic nitrogens is 2. The predicted octanol–water partition coefficient (Wildman–Crippen LogP) is 4.07. The fourth-order valence-electron chi connectivity index (χ4n) is 3.51. The first-order chi connectivity index (χ1) is 17.0. The van der Waals surface area contributed by atoms with Crippen molar-refractivity contribution in [3.63, 3.8) is 0 Å². The number of halogens is 1. The minimum absolute atomic E-state index is 0.00353. The minimum Gasteiger partial charge on any atom is -0.493 e. The van der Waals surface area contributed by atoms with Crippen molar-refractivity contribution in [3.05, 3.63) is 66.1 Å². The Bertz CT molecular complexity index is 1540. The Labute approximate surface area is 212 Å². The smallest absolute Gasteiger partial charge is 0.245 e. The summed E-state index contributed by atoms with van der Waals surface area (Å²) in [5.74, 6) is 0.553. The molecule has 0 bridgehead atoms. The van der Waals surface area contributed by atoms with Gasteiger partial charge in [0.2, 0.25) is 25.9 Å². The van der Waals surface area contributed by atoms with Gasteiger partial charge in [-0.1, -0.05) is 12.1 Å². The molecule has 0 fully saturated rings. The van der Waals surface area contributed by atoms with Crippen LogP contribution in [0.5, 0.6) is 11.6 Å². The number of fused-ring (bicyclic) bond motifs is 1.